The predicted molar refractivity (Wildman–Crippen MR) is 76.4 cm³/mol. The van der Waals surface area contributed by atoms with Crippen LogP contribution in [0.1, 0.15) is 45.0 Å². The van der Waals surface area contributed by atoms with E-state index in [2.05, 4.69) is 50.9 Å². The molecule has 0 aliphatic rings. The molecule has 0 radical (unpaired) electrons. The quantitative estimate of drug-likeness (QED) is 0.842. The molecule has 4 nitrogen and oxygen atoms in total. The number of nitrogens with zero attached hydrogens (tertiary/aromatic N) is 3. The van der Waals surface area contributed by atoms with Gasteiger partial charge in [-0.1, -0.05) is 20.8 Å². The van der Waals surface area contributed by atoms with Gasteiger partial charge in [0.25, 0.3) is 0 Å². The van der Waals surface area contributed by atoms with Crippen LogP contribution in [0.5, 0.6) is 0 Å². The number of hydrogen-bond acceptors (Lipinski definition) is 3. The number of likely N-dealkylation sites (N-methyl/N-ethyl adjacent to an activating group) is 1. The van der Waals surface area contributed by atoms with Crippen molar-refractivity contribution >= 4 is 0 Å². The summed E-state index contributed by atoms with van der Waals surface area (Å²) in [7, 11) is 4.14. The smallest absolute Gasteiger partial charge is 0.0670 e. The molecule has 2 N–H and O–H groups in total. The summed E-state index contributed by atoms with van der Waals surface area (Å²) in [5, 5.41) is 4.52. The molecule has 1 rings (SSSR count). The van der Waals surface area contributed by atoms with E-state index in [0.717, 1.165) is 12.1 Å². The molecular formula is C14H28N4. The first kappa shape index (κ1) is 15.2. The van der Waals surface area contributed by atoms with E-state index in [4.69, 9.17) is 5.73 Å². The lowest BCUT2D eigenvalue weighted by molar-refractivity contribution is 0.151. The van der Waals surface area contributed by atoms with Crippen LogP contribution in [-0.2, 0) is 13.5 Å². The lowest BCUT2D eigenvalue weighted by atomic mass is 9.99. The Morgan fingerprint density at radius 2 is 2.00 bits per heavy atom. The first-order valence-electron chi connectivity index (χ1n) is 6.86. The van der Waals surface area contributed by atoms with Gasteiger partial charge in [0.1, 0.15) is 0 Å². The summed E-state index contributed by atoms with van der Waals surface area (Å²) < 4.78 is 1.89. The van der Waals surface area contributed by atoms with Gasteiger partial charge < -0.3 is 5.73 Å². The van der Waals surface area contributed by atoms with Crippen molar-refractivity contribution < 1.29 is 0 Å². The van der Waals surface area contributed by atoms with E-state index in [-0.39, 0.29) is 6.04 Å². The standard InChI is InChI=1S/C14H28N4/c1-7-13-12(9-17(5)16-13)14(8-15)18(6)11(4)10(2)3/h9-11,14H,7-8,15H2,1-6H3. The molecule has 2 atom stereocenters. The molecule has 1 heterocycles. The minimum Gasteiger partial charge on any atom is -0.329 e. The molecule has 0 aromatic carbocycles. The van der Waals surface area contributed by atoms with Crippen LogP contribution in [0.2, 0.25) is 0 Å². The summed E-state index contributed by atoms with van der Waals surface area (Å²) in [6.45, 7) is 9.53. The summed E-state index contributed by atoms with van der Waals surface area (Å²) in [5.41, 5.74) is 8.44. The third-order valence-corrected chi connectivity index (χ3v) is 3.95. The second kappa shape index (κ2) is 6.34. The van der Waals surface area contributed by atoms with E-state index in [0.29, 0.717) is 18.5 Å². The van der Waals surface area contributed by atoms with E-state index in [1.54, 1.807) is 0 Å². The summed E-state index contributed by atoms with van der Waals surface area (Å²) in [6, 6.07) is 0.759. The monoisotopic (exact) mass is 252 g/mol. The van der Waals surface area contributed by atoms with Gasteiger partial charge in [0.15, 0.2) is 0 Å². The van der Waals surface area contributed by atoms with Gasteiger partial charge in [0.05, 0.1) is 11.7 Å². The molecule has 0 aliphatic heterocycles. The van der Waals surface area contributed by atoms with Crippen LogP contribution in [-0.4, -0.2) is 34.3 Å². The lowest BCUT2D eigenvalue weighted by Crippen LogP contribution is -2.39. The molecule has 4 heteroatoms. The largest absolute Gasteiger partial charge is 0.329 e. The Labute approximate surface area is 111 Å². The summed E-state index contributed by atoms with van der Waals surface area (Å²) in [6.07, 6.45) is 3.07. The summed E-state index contributed by atoms with van der Waals surface area (Å²) in [5.74, 6) is 0.616. The van der Waals surface area contributed by atoms with Crippen LogP contribution in [0.3, 0.4) is 0 Å². The van der Waals surface area contributed by atoms with Crippen molar-refractivity contribution in [2.45, 2.75) is 46.2 Å². The lowest BCUT2D eigenvalue weighted by Gasteiger charge is -2.34. The number of nitrogens with two attached hydrogens (primary N) is 1. The average molecular weight is 252 g/mol. The number of aryl methyl sites for hydroxylation is 2. The van der Waals surface area contributed by atoms with Gasteiger partial charge in [0, 0.05) is 31.4 Å². The summed E-state index contributed by atoms with van der Waals surface area (Å²) >= 11 is 0. The van der Waals surface area contributed by atoms with Gasteiger partial charge >= 0.3 is 0 Å². The molecule has 104 valence electrons. The molecule has 0 spiro atoms. The van der Waals surface area contributed by atoms with E-state index in [1.807, 2.05) is 11.7 Å². The number of hydrogen-bond donors (Lipinski definition) is 1. The second-order valence-electron chi connectivity index (χ2n) is 5.46. The van der Waals surface area contributed by atoms with Crippen LogP contribution in [0.25, 0.3) is 0 Å². The normalized spacial score (nSPS) is 15.4. The molecule has 18 heavy (non-hydrogen) atoms. The fraction of sp³-hybridized carbons (Fsp3) is 0.786. The zero-order valence-electron chi connectivity index (χ0n) is 12.6. The Bertz CT molecular complexity index is 370. The predicted octanol–water partition coefficient (Wildman–Crippen LogP) is 1.96. The van der Waals surface area contributed by atoms with Gasteiger partial charge in [-0.25, -0.2) is 0 Å². The molecule has 0 saturated heterocycles. The van der Waals surface area contributed by atoms with Crippen LogP contribution in [0.15, 0.2) is 6.20 Å². The zero-order valence-corrected chi connectivity index (χ0v) is 12.6. The number of rotatable bonds is 6. The number of aromatic nitrogens is 2. The Morgan fingerprint density at radius 1 is 1.39 bits per heavy atom. The van der Waals surface area contributed by atoms with Gasteiger partial charge in [-0.3, -0.25) is 9.58 Å². The van der Waals surface area contributed by atoms with Gasteiger partial charge in [-0.15, -0.1) is 0 Å². The Balaban J connectivity index is 3.01. The Morgan fingerprint density at radius 3 is 2.44 bits per heavy atom. The molecule has 0 aliphatic carbocycles. The SMILES string of the molecule is CCc1nn(C)cc1C(CN)N(C)C(C)C(C)C. The highest BCUT2D eigenvalue weighted by Gasteiger charge is 2.25. The summed E-state index contributed by atoms with van der Waals surface area (Å²) in [4.78, 5) is 2.38. The van der Waals surface area contributed by atoms with Gasteiger partial charge in [-0.05, 0) is 26.3 Å². The highest BCUT2D eigenvalue weighted by Crippen LogP contribution is 2.25. The van der Waals surface area contributed by atoms with Crippen molar-refractivity contribution in [1.29, 1.82) is 0 Å². The zero-order chi connectivity index (χ0) is 13.9. The topological polar surface area (TPSA) is 47.1 Å². The maximum absolute atomic E-state index is 6.00. The van der Waals surface area contributed by atoms with Crippen LogP contribution in [0, 0.1) is 5.92 Å². The maximum Gasteiger partial charge on any atom is 0.0670 e. The fourth-order valence-electron chi connectivity index (χ4n) is 2.37. The van der Waals surface area contributed by atoms with Gasteiger partial charge in [-0.2, -0.15) is 5.10 Å². The Kier molecular flexibility index (Phi) is 5.35. The average Bonchev–Trinajstić information content (AvgIpc) is 2.70. The third-order valence-electron chi connectivity index (χ3n) is 3.95. The minimum atomic E-state index is 0.256. The Hall–Kier alpha value is -0.870. The highest BCUT2D eigenvalue weighted by atomic mass is 15.3. The molecule has 0 saturated carbocycles. The fourth-order valence-corrected chi connectivity index (χ4v) is 2.37. The molecular weight excluding hydrogens is 224 g/mol. The third kappa shape index (κ3) is 3.12. The molecule has 0 bridgehead atoms. The van der Waals surface area contributed by atoms with E-state index >= 15 is 0 Å². The first-order chi connectivity index (χ1) is 8.42. The van der Waals surface area contributed by atoms with E-state index < -0.39 is 0 Å². The van der Waals surface area contributed by atoms with E-state index in [1.165, 1.54) is 5.56 Å². The molecule has 0 amide bonds. The van der Waals surface area contributed by atoms with Crippen molar-refractivity contribution in [1.82, 2.24) is 14.7 Å². The second-order valence-corrected chi connectivity index (χ2v) is 5.46. The molecule has 0 fully saturated rings. The highest BCUT2D eigenvalue weighted by molar-refractivity contribution is 5.22. The maximum atomic E-state index is 6.00. The molecule has 2 unspecified atom stereocenters. The first-order valence-corrected chi connectivity index (χ1v) is 6.86. The van der Waals surface area contributed by atoms with E-state index in [9.17, 15) is 0 Å². The molecule has 1 aromatic heterocycles. The van der Waals surface area contributed by atoms with Crippen molar-refractivity contribution in [3.05, 3.63) is 17.5 Å². The molecule has 1 aromatic rings. The van der Waals surface area contributed by atoms with Crippen molar-refractivity contribution in [2.75, 3.05) is 13.6 Å². The van der Waals surface area contributed by atoms with Crippen molar-refractivity contribution in [3.63, 3.8) is 0 Å². The van der Waals surface area contributed by atoms with Crippen LogP contribution in [0.4, 0.5) is 0 Å². The van der Waals surface area contributed by atoms with Gasteiger partial charge in [0.2, 0.25) is 0 Å². The van der Waals surface area contributed by atoms with Crippen LogP contribution < -0.4 is 5.73 Å². The van der Waals surface area contributed by atoms with Crippen LogP contribution >= 0.6 is 0 Å². The van der Waals surface area contributed by atoms with Crippen molar-refractivity contribution in [2.24, 2.45) is 18.7 Å². The minimum absolute atomic E-state index is 0.256. The van der Waals surface area contributed by atoms with Crippen molar-refractivity contribution in [3.8, 4) is 0 Å².